The summed E-state index contributed by atoms with van der Waals surface area (Å²) in [5.74, 6) is 1.43. The molecule has 2 rings (SSSR count). The summed E-state index contributed by atoms with van der Waals surface area (Å²) in [5, 5.41) is 3.95. The Labute approximate surface area is 101 Å². The highest BCUT2D eigenvalue weighted by molar-refractivity contribution is 5.76. The van der Waals surface area contributed by atoms with Gasteiger partial charge in [0, 0.05) is 19.9 Å². The van der Waals surface area contributed by atoms with Crippen LogP contribution in [0.1, 0.15) is 56.8 Å². The van der Waals surface area contributed by atoms with Gasteiger partial charge in [-0.05, 0) is 25.7 Å². The van der Waals surface area contributed by atoms with Gasteiger partial charge >= 0.3 is 0 Å². The average molecular weight is 237 g/mol. The third-order valence-corrected chi connectivity index (χ3v) is 3.13. The van der Waals surface area contributed by atoms with Crippen LogP contribution in [0.15, 0.2) is 4.52 Å². The number of aryl methyl sites for hydroxylation is 1. The monoisotopic (exact) mass is 237 g/mol. The van der Waals surface area contributed by atoms with Gasteiger partial charge in [0.2, 0.25) is 11.8 Å². The second-order valence-corrected chi connectivity index (χ2v) is 4.52. The van der Waals surface area contributed by atoms with E-state index in [1.165, 1.54) is 0 Å². The number of likely N-dealkylation sites (tertiary alicyclic amines) is 1. The van der Waals surface area contributed by atoms with Gasteiger partial charge in [0.25, 0.3) is 0 Å². The summed E-state index contributed by atoms with van der Waals surface area (Å²) >= 11 is 0. The zero-order valence-electron chi connectivity index (χ0n) is 10.5. The summed E-state index contributed by atoms with van der Waals surface area (Å²) in [7, 11) is 0. The van der Waals surface area contributed by atoms with Gasteiger partial charge in [0.1, 0.15) is 0 Å². The maximum atomic E-state index is 12.0. The summed E-state index contributed by atoms with van der Waals surface area (Å²) in [4.78, 5) is 18.2. The van der Waals surface area contributed by atoms with E-state index in [0.717, 1.165) is 32.2 Å². The molecule has 1 aliphatic rings. The molecule has 1 amide bonds. The number of aromatic nitrogens is 2. The fourth-order valence-electron chi connectivity index (χ4n) is 2.31. The van der Waals surface area contributed by atoms with Crippen molar-refractivity contribution in [2.24, 2.45) is 0 Å². The second-order valence-electron chi connectivity index (χ2n) is 4.52. The van der Waals surface area contributed by atoms with Crippen molar-refractivity contribution in [2.75, 3.05) is 6.54 Å². The SMILES string of the molecule is CCCC(=O)N1CCCC[C@H]1c1noc(C)n1. The molecule has 0 aliphatic carbocycles. The second kappa shape index (κ2) is 5.29. The summed E-state index contributed by atoms with van der Waals surface area (Å²) in [6, 6.07) is 0.0141. The normalized spacial score (nSPS) is 20.6. The lowest BCUT2D eigenvalue weighted by Gasteiger charge is -2.33. The Balaban J connectivity index is 2.14. The molecule has 0 saturated carbocycles. The Kier molecular flexibility index (Phi) is 3.76. The summed E-state index contributed by atoms with van der Waals surface area (Å²) < 4.78 is 5.01. The minimum absolute atomic E-state index is 0.0141. The number of hydrogen-bond acceptors (Lipinski definition) is 4. The zero-order valence-corrected chi connectivity index (χ0v) is 10.5. The largest absolute Gasteiger partial charge is 0.340 e. The molecule has 1 aromatic rings. The fraction of sp³-hybridized carbons (Fsp3) is 0.750. The Bertz CT molecular complexity index is 389. The van der Waals surface area contributed by atoms with Crippen LogP contribution < -0.4 is 0 Å². The predicted molar refractivity (Wildman–Crippen MR) is 62.2 cm³/mol. The molecule has 1 fully saturated rings. The molecule has 0 N–H and O–H groups in total. The lowest BCUT2D eigenvalue weighted by Crippen LogP contribution is -2.38. The summed E-state index contributed by atoms with van der Waals surface area (Å²) in [5.41, 5.74) is 0. The third kappa shape index (κ3) is 2.65. The Morgan fingerprint density at radius 2 is 2.35 bits per heavy atom. The van der Waals surface area contributed by atoms with Crippen LogP contribution >= 0.6 is 0 Å². The van der Waals surface area contributed by atoms with Crippen molar-refractivity contribution < 1.29 is 9.32 Å². The van der Waals surface area contributed by atoms with Crippen molar-refractivity contribution in [1.29, 1.82) is 0 Å². The maximum absolute atomic E-state index is 12.0. The van der Waals surface area contributed by atoms with Crippen molar-refractivity contribution in [1.82, 2.24) is 15.0 Å². The Morgan fingerprint density at radius 3 is 3.00 bits per heavy atom. The molecule has 0 radical (unpaired) electrons. The van der Waals surface area contributed by atoms with Gasteiger partial charge in [0.05, 0.1) is 6.04 Å². The van der Waals surface area contributed by atoms with Crippen molar-refractivity contribution >= 4 is 5.91 Å². The predicted octanol–water partition coefficient (Wildman–Crippen LogP) is 2.23. The maximum Gasteiger partial charge on any atom is 0.223 e. The fourth-order valence-corrected chi connectivity index (χ4v) is 2.31. The van der Waals surface area contributed by atoms with Gasteiger partial charge < -0.3 is 9.42 Å². The summed E-state index contributed by atoms with van der Waals surface area (Å²) in [6.45, 7) is 4.62. The van der Waals surface area contributed by atoms with Crippen LogP contribution in [-0.2, 0) is 4.79 Å². The molecule has 1 saturated heterocycles. The first-order valence-electron chi connectivity index (χ1n) is 6.32. The van der Waals surface area contributed by atoms with E-state index < -0.39 is 0 Å². The van der Waals surface area contributed by atoms with Gasteiger partial charge in [0.15, 0.2) is 5.82 Å². The van der Waals surface area contributed by atoms with Crippen LogP contribution in [0.25, 0.3) is 0 Å². The van der Waals surface area contributed by atoms with Crippen LogP contribution in [0.3, 0.4) is 0 Å². The van der Waals surface area contributed by atoms with Crippen LogP contribution in [0, 0.1) is 6.92 Å². The Hall–Kier alpha value is -1.39. The van der Waals surface area contributed by atoms with E-state index in [-0.39, 0.29) is 11.9 Å². The molecule has 17 heavy (non-hydrogen) atoms. The van der Waals surface area contributed by atoms with E-state index in [9.17, 15) is 4.79 Å². The minimum atomic E-state index is 0.0141. The van der Waals surface area contributed by atoms with Gasteiger partial charge in [-0.25, -0.2) is 0 Å². The van der Waals surface area contributed by atoms with Crippen LogP contribution in [0.2, 0.25) is 0 Å². The minimum Gasteiger partial charge on any atom is -0.340 e. The molecule has 2 heterocycles. The topological polar surface area (TPSA) is 59.2 Å². The molecule has 94 valence electrons. The first-order valence-corrected chi connectivity index (χ1v) is 6.32. The quantitative estimate of drug-likeness (QED) is 0.808. The van der Waals surface area contributed by atoms with E-state index in [4.69, 9.17) is 4.52 Å². The standard InChI is InChI=1S/C12H19N3O2/c1-3-6-11(16)15-8-5-4-7-10(15)12-13-9(2)17-14-12/h10H,3-8H2,1-2H3/t10-/m0/s1. The lowest BCUT2D eigenvalue weighted by molar-refractivity contribution is -0.135. The molecule has 0 unspecified atom stereocenters. The van der Waals surface area contributed by atoms with Crippen molar-refractivity contribution in [2.45, 2.75) is 52.0 Å². The van der Waals surface area contributed by atoms with Crippen LogP contribution in [-0.4, -0.2) is 27.5 Å². The van der Waals surface area contributed by atoms with Crippen molar-refractivity contribution in [3.63, 3.8) is 0 Å². The molecular formula is C12H19N3O2. The molecule has 0 spiro atoms. The van der Waals surface area contributed by atoms with E-state index in [1.807, 2.05) is 11.8 Å². The molecular weight excluding hydrogens is 218 g/mol. The van der Waals surface area contributed by atoms with E-state index in [1.54, 1.807) is 6.92 Å². The van der Waals surface area contributed by atoms with Crippen LogP contribution in [0.5, 0.6) is 0 Å². The number of carbonyl (C=O) groups excluding carboxylic acids is 1. The summed E-state index contributed by atoms with van der Waals surface area (Å²) in [6.07, 6.45) is 4.62. The third-order valence-electron chi connectivity index (χ3n) is 3.13. The highest BCUT2D eigenvalue weighted by atomic mass is 16.5. The van der Waals surface area contributed by atoms with Gasteiger partial charge in [-0.3, -0.25) is 4.79 Å². The molecule has 0 aromatic carbocycles. The number of hydrogen-bond donors (Lipinski definition) is 0. The molecule has 1 atom stereocenters. The molecule has 5 heteroatoms. The first-order chi connectivity index (χ1) is 8.22. The number of piperidine rings is 1. The molecule has 5 nitrogen and oxygen atoms in total. The molecule has 1 aliphatic heterocycles. The Morgan fingerprint density at radius 1 is 1.53 bits per heavy atom. The first kappa shape index (κ1) is 12.1. The number of rotatable bonds is 3. The highest BCUT2D eigenvalue weighted by Crippen LogP contribution is 2.29. The number of nitrogens with zero attached hydrogens (tertiary/aromatic N) is 3. The van der Waals surface area contributed by atoms with E-state index in [2.05, 4.69) is 10.1 Å². The molecule has 1 aromatic heterocycles. The van der Waals surface area contributed by atoms with E-state index in [0.29, 0.717) is 18.1 Å². The average Bonchev–Trinajstić information content (AvgIpc) is 2.76. The smallest absolute Gasteiger partial charge is 0.223 e. The molecule has 0 bridgehead atoms. The van der Waals surface area contributed by atoms with E-state index >= 15 is 0 Å². The zero-order chi connectivity index (χ0) is 12.3. The van der Waals surface area contributed by atoms with Crippen LogP contribution in [0.4, 0.5) is 0 Å². The van der Waals surface area contributed by atoms with Gasteiger partial charge in [-0.15, -0.1) is 0 Å². The van der Waals surface area contributed by atoms with Crippen molar-refractivity contribution in [3.8, 4) is 0 Å². The lowest BCUT2D eigenvalue weighted by atomic mass is 10.0. The number of carbonyl (C=O) groups is 1. The number of amides is 1. The van der Waals surface area contributed by atoms with Gasteiger partial charge in [-0.2, -0.15) is 4.98 Å². The van der Waals surface area contributed by atoms with Gasteiger partial charge in [-0.1, -0.05) is 12.1 Å². The van der Waals surface area contributed by atoms with Crippen molar-refractivity contribution in [3.05, 3.63) is 11.7 Å². The highest BCUT2D eigenvalue weighted by Gasteiger charge is 2.30.